The van der Waals surface area contributed by atoms with Crippen molar-refractivity contribution >= 4 is 5.97 Å². The van der Waals surface area contributed by atoms with Crippen LogP contribution in [-0.4, -0.2) is 49.8 Å². The molecule has 0 bridgehead atoms. The fourth-order valence-corrected chi connectivity index (χ4v) is 2.60. The monoisotopic (exact) mass is 309 g/mol. The van der Waals surface area contributed by atoms with Crippen LogP contribution in [0, 0.1) is 11.7 Å². The minimum atomic E-state index is -0.422. The first-order valence-electron chi connectivity index (χ1n) is 7.77. The summed E-state index contributed by atoms with van der Waals surface area (Å²) in [6.45, 7) is 7.94. The van der Waals surface area contributed by atoms with Gasteiger partial charge >= 0.3 is 5.97 Å². The average Bonchev–Trinajstić information content (AvgIpc) is 2.47. The molecule has 0 amide bonds. The van der Waals surface area contributed by atoms with Gasteiger partial charge in [-0.15, -0.1) is 0 Å². The van der Waals surface area contributed by atoms with Gasteiger partial charge in [-0.2, -0.15) is 0 Å². The predicted molar refractivity (Wildman–Crippen MR) is 82.1 cm³/mol. The lowest BCUT2D eigenvalue weighted by molar-refractivity contribution is -0.149. The van der Waals surface area contributed by atoms with Crippen molar-refractivity contribution < 1.29 is 18.7 Å². The van der Waals surface area contributed by atoms with Crippen molar-refractivity contribution in [2.45, 2.75) is 26.4 Å². The van der Waals surface area contributed by atoms with Crippen LogP contribution in [0.25, 0.3) is 0 Å². The van der Waals surface area contributed by atoms with Crippen molar-refractivity contribution in [3.8, 4) is 0 Å². The standard InChI is InChI=1S/C17H24FNO3/c1-13(2)10-19-7-8-21-15(11-19)12-22-17(20)9-14-5-3-4-6-16(14)18/h3-6,13,15H,7-12H2,1-2H3. The molecule has 1 aliphatic heterocycles. The van der Waals surface area contributed by atoms with Gasteiger partial charge in [-0.25, -0.2) is 4.39 Å². The third-order valence-corrected chi connectivity index (χ3v) is 3.57. The van der Waals surface area contributed by atoms with Crippen molar-refractivity contribution in [2.75, 3.05) is 32.8 Å². The van der Waals surface area contributed by atoms with Crippen LogP contribution in [-0.2, 0) is 20.7 Å². The van der Waals surface area contributed by atoms with Gasteiger partial charge in [-0.05, 0) is 17.5 Å². The van der Waals surface area contributed by atoms with E-state index in [4.69, 9.17) is 9.47 Å². The second kappa shape index (κ2) is 8.25. The number of rotatable bonds is 6. The second-order valence-corrected chi connectivity index (χ2v) is 6.10. The highest BCUT2D eigenvalue weighted by Crippen LogP contribution is 2.10. The zero-order chi connectivity index (χ0) is 15.9. The number of carbonyl (C=O) groups is 1. The van der Waals surface area contributed by atoms with Crippen LogP contribution in [0.3, 0.4) is 0 Å². The number of carbonyl (C=O) groups excluding carboxylic acids is 1. The minimum absolute atomic E-state index is 0.0465. The lowest BCUT2D eigenvalue weighted by Gasteiger charge is -2.33. The SMILES string of the molecule is CC(C)CN1CCOC(COC(=O)Cc2ccccc2F)C1. The lowest BCUT2D eigenvalue weighted by Crippen LogP contribution is -2.45. The lowest BCUT2D eigenvalue weighted by atomic mass is 10.1. The Labute approximate surface area is 131 Å². The highest BCUT2D eigenvalue weighted by molar-refractivity contribution is 5.72. The Hall–Kier alpha value is -1.46. The first kappa shape index (κ1) is 16.9. The number of ether oxygens (including phenoxy) is 2. The maximum Gasteiger partial charge on any atom is 0.310 e. The molecule has 0 saturated carbocycles. The van der Waals surface area contributed by atoms with Crippen molar-refractivity contribution in [3.05, 3.63) is 35.6 Å². The summed E-state index contributed by atoms with van der Waals surface area (Å²) in [5, 5.41) is 0. The summed E-state index contributed by atoms with van der Waals surface area (Å²) in [6, 6.07) is 6.25. The van der Waals surface area contributed by atoms with Gasteiger partial charge in [-0.3, -0.25) is 9.69 Å². The van der Waals surface area contributed by atoms with E-state index in [1.165, 1.54) is 6.07 Å². The Morgan fingerprint density at radius 2 is 2.23 bits per heavy atom. The first-order chi connectivity index (χ1) is 10.5. The van der Waals surface area contributed by atoms with Crippen LogP contribution in [0.2, 0.25) is 0 Å². The van der Waals surface area contributed by atoms with E-state index in [-0.39, 0.29) is 24.9 Å². The van der Waals surface area contributed by atoms with E-state index < -0.39 is 5.97 Å². The third-order valence-electron chi connectivity index (χ3n) is 3.57. The molecule has 1 fully saturated rings. The van der Waals surface area contributed by atoms with E-state index in [0.717, 1.165) is 19.6 Å². The second-order valence-electron chi connectivity index (χ2n) is 6.10. The summed E-state index contributed by atoms with van der Waals surface area (Å²) in [7, 11) is 0. The van der Waals surface area contributed by atoms with Crippen LogP contribution >= 0.6 is 0 Å². The summed E-state index contributed by atoms with van der Waals surface area (Å²) in [4.78, 5) is 14.1. The quantitative estimate of drug-likeness (QED) is 0.756. The molecule has 0 radical (unpaired) electrons. The van der Waals surface area contributed by atoms with Gasteiger partial charge in [-0.1, -0.05) is 32.0 Å². The molecule has 0 N–H and O–H groups in total. The fourth-order valence-electron chi connectivity index (χ4n) is 2.60. The minimum Gasteiger partial charge on any atom is -0.463 e. The number of morpholine rings is 1. The van der Waals surface area contributed by atoms with Gasteiger partial charge < -0.3 is 9.47 Å². The number of nitrogens with zero attached hydrogens (tertiary/aromatic N) is 1. The Bertz CT molecular complexity index is 493. The zero-order valence-corrected chi connectivity index (χ0v) is 13.3. The maximum absolute atomic E-state index is 13.5. The Morgan fingerprint density at radius 3 is 2.95 bits per heavy atom. The van der Waals surface area contributed by atoms with E-state index >= 15 is 0 Å². The van der Waals surface area contributed by atoms with E-state index in [2.05, 4.69) is 18.7 Å². The molecular weight excluding hydrogens is 285 g/mol. The molecule has 5 heteroatoms. The molecule has 1 atom stereocenters. The van der Waals surface area contributed by atoms with Crippen LogP contribution in [0.4, 0.5) is 4.39 Å². The van der Waals surface area contributed by atoms with Crippen molar-refractivity contribution in [2.24, 2.45) is 5.92 Å². The fraction of sp³-hybridized carbons (Fsp3) is 0.588. The summed E-state index contributed by atoms with van der Waals surface area (Å²) < 4.78 is 24.3. The molecule has 1 aromatic carbocycles. The van der Waals surface area contributed by atoms with Gasteiger partial charge in [0.05, 0.1) is 13.0 Å². The highest BCUT2D eigenvalue weighted by atomic mass is 19.1. The average molecular weight is 309 g/mol. The van der Waals surface area contributed by atoms with Gasteiger partial charge in [0, 0.05) is 19.6 Å². The molecule has 4 nitrogen and oxygen atoms in total. The molecule has 1 heterocycles. The third kappa shape index (κ3) is 5.39. The van der Waals surface area contributed by atoms with Crippen molar-refractivity contribution in [1.29, 1.82) is 0 Å². The molecule has 1 unspecified atom stereocenters. The molecule has 2 rings (SSSR count). The zero-order valence-electron chi connectivity index (χ0n) is 13.3. The van der Waals surface area contributed by atoms with Crippen LogP contribution in [0.5, 0.6) is 0 Å². The predicted octanol–water partition coefficient (Wildman–Crippen LogP) is 2.27. The van der Waals surface area contributed by atoms with E-state index in [1.54, 1.807) is 18.2 Å². The Morgan fingerprint density at radius 1 is 1.45 bits per heavy atom. The van der Waals surface area contributed by atoms with Crippen LogP contribution in [0.15, 0.2) is 24.3 Å². The Balaban J connectivity index is 1.75. The van der Waals surface area contributed by atoms with Gasteiger partial charge in [0.25, 0.3) is 0 Å². The van der Waals surface area contributed by atoms with Gasteiger partial charge in [0.1, 0.15) is 18.5 Å². The molecule has 122 valence electrons. The molecule has 0 spiro atoms. The summed E-state index contributed by atoms with van der Waals surface area (Å²) in [6.07, 6.45) is -0.146. The molecule has 0 aliphatic carbocycles. The van der Waals surface area contributed by atoms with Crippen molar-refractivity contribution in [3.63, 3.8) is 0 Å². The number of benzene rings is 1. The smallest absolute Gasteiger partial charge is 0.310 e. The number of hydrogen-bond donors (Lipinski definition) is 0. The molecule has 1 aliphatic rings. The van der Waals surface area contributed by atoms with Crippen LogP contribution in [0.1, 0.15) is 19.4 Å². The van der Waals surface area contributed by atoms with Gasteiger partial charge in [0.15, 0.2) is 0 Å². The first-order valence-corrected chi connectivity index (χ1v) is 7.77. The number of esters is 1. The molecule has 0 aromatic heterocycles. The van der Waals surface area contributed by atoms with Crippen LogP contribution < -0.4 is 0 Å². The number of hydrogen-bond acceptors (Lipinski definition) is 4. The Kier molecular flexibility index (Phi) is 6.34. The van der Waals surface area contributed by atoms with E-state index in [9.17, 15) is 9.18 Å². The van der Waals surface area contributed by atoms with E-state index in [0.29, 0.717) is 18.1 Å². The maximum atomic E-state index is 13.5. The van der Waals surface area contributed by atoms with Gasteiger partial charge in [0.2, 0.25) is 0 Å². The number of halogens is 1. The van der Waals surface area contributed by atoms with E-state index in [1.807, 2.05) is 0 Å². The topological polar surface area (TPSA) is 38.8 Å². The highest BCUT2D eigenvalue weighted by Gasteiger charge is 2.22. The molecule has 22 heavy (non-hydrogen) atoms. The normalized spacial score (nSPS) is 19.4. The molecule has 1 aromatic rings. The molecule has 1 saturated heterocycles. The summed E-state index contributed by atoms with van der Waals surface area (Å²) in [5.41, 5.74) is 0.360. The molecular formula is C17H24FNO3. The summed E-state index contributed by atoms with van der Waals surface area (Å²) >= 11 is 0. The summed E-state index contributed by atoms with van der Waals surface area (Å²) in [5.74, 6) is -0.200. The van der Waals surface area contributed by atoms with Crippen molar-refractivity contribution in [1.82, 2.24) is 4.90 Å². The largest absolute Gasteiger partial charge is 0.463 e.